The second kappa shape index (κ2) is 7.42. The number of likely N-dealkylation sites (N-methyl/N-ethyl adjacent to an activating group) is 1. The molecule has 0 fully saturated rings. The third-order valence-electron chi connectivity index (χ3n) is 3.88. The molecule has 1 atom stereocenters. The van der Waals surface area contributed by atoms with Gasteiger partial charge in [0.2, 0.25) is 5.91 Å². The van der Waals surface area contributed by atoms with Crippen LogP contribution in [-0.2, 0) is 11.3 Å². The number of carbonyl (C=O) groups excluding carboxylic acids is 1. The Kier molecular flexibility index (Phi) is 5.28. The molecule has 1 amide bonds. The van der Waals surface area contributed by atoms with E-state index >= 15 is 0 Å². The summed E-state index contributed by atoms with van der Waals surface area (Å²) >= 11 is 7.48. The lowest BCUT2D eigenvalue weighted by molar-refractivity contribution is -0.120. The maximum atomic E-state index is 12.5. The molecule has 2 heterocycles. The number of ether oxygens (including phenoxy) is 2. The van der Waals surface area contributed by atoms with Gasteiger partial charge in [-0.3, -0.25) is 9.69 Å². The predicted octanol–water partition coefficient (Wildman–Crippen LogP) is 3.63. The molecule has 1 aliphatic rings. The van der Waals surface area contributed by atoms with Crippen LogP contribution in [0.1, 0.15) is 11.8 Å². The minimum Gasteiger partial charge on any atom is -0.486 e. The number of benzene rings is 1. The van der Waals surface area contributed by atoms with Crippen LogP contribution >= 0.6 is 22.9 Å². The van der Waals surface area contributed by atoms with Crippen LogP contribution in [0.15, 0.2) is 30.3 Å². The average molecular weight is 367 g/mol. The number of nitrogens with zero attached hydrogens (tertiary/aromatic N) is 1. The van der Waals surface area contributed by atoms with Gasteiger partial charge in [0, 0.05) is 23.2 Å². The van der Waals surface area contributed by atoms with Crippen LogP contribution in [0.5, 0.6) is 11.5 Å². The van der Waals surface area contributed by atoms with Crippen LogP contribution in [0.3, 0.4) is 0 Å². The van der Waals surface area contributed by atoms with Crippen molar-refractivity contribution in [3.05, 3.63) is 39.5 Å². The number of hydrogen-bond donors (Lipinski definition) is 1. The molecule has 24 heavy (non-hydrogen) atoms. The summed E-state index contributed by atoms with van der Waals surface area (Å²) in [5, 5.41) is 2.92. The Morgan fingerprint density at radius 2 is 2.04 bits per heavy atom. The molecule has 1 aromatic carbocycles. The number of hydrogen-bond acceptors (Lipinski definition) is 5. The number of halogens is 1. The van der Waals surface area contributed by atoms with Gasteiger partial charge < -0.3 is 14.8 Å². The monoisotopic (exact) mass is 366 g/mol. The normalized spacial score (nSPS) is 14.5. The molecule has 128 valence electrons. The molecule has 0 bridgehead atoms. The number of thiophene rings is 1. The molecule has 0 saturated heterocycles. The Morgan fingerprint density at radius 1 is 1.29 bits per heavy atom. The average Bonchev–Trinajstić information content (AvgIpc) is 2.98. The summed E-state index contributed by atoms with van der Waals surface area (Å²) in [6, 6.07) is 8.99. The number of amides is 1. The first-order chi connectivity index (χ1) is 11.5. The van der Waals surface area contributed by atoms with Gasteiger partial charge in [-0.15, -0.1) is 11.3 Å². The minimum atomic E-state index is -0.279. The maximum absolute atomic E-state index is 12.5. The molecule has 1 aliphatic heterocycles. The van der Waals surface area contributed by atoms with E-state index in [9.17, 15) is 4.79 Å². The van der Waals surface area contributed by atoms with Crippen molar-refractivity contribution in [1.29, 1.82) is 0 Å². The first kappa shape index (κ1) is 17.1. The molecule has 0 radical (unpaired) electrons. The van der Waals surface area contributed by atoms with Gasteiger partial charge in [-0.1, -0.05) is 11.6 Å². The highest BCUT2D eigenvalue weighted by Crippen LogP contribution is 2.32. The van der Waals surface area contributed by atoms with Crippen LogP contribution in [0, 0.1) is 0 Å². The van der Waals surface area contributed by atoms with Crippen molar-refractivity contribution in [1.82, 2.24) is 4.90 Å². The van der Waals surface area contributed by atoms with E-state index in [-0.39, 0.29) is 11.9 Å². The summed E-state index contributed by atoms with van der Waals surface area (Å²) in [7, 11) is 1.92. The van der Waals surface area contributed by atoms with E-state index in [1.807, 2.05) is 43.1 Å². The van der Waals surface area contributed by atoms with Crippen molar-refractivity contribution in [3.8, 4) is 11.5 Å². The summed E-state index contributed by atoms with van der Waals surface area (Å²) < 4.78 is 11.8. The maximum Gasteiger partial charge on any atom is 0.241 e. The molecule has 0 aliphatic carbocycles. The first-order valence-electron chi connectivity index (χ1n) is 7.68. The lowest BCUT2D eigenvalue weighted by Gasteiger charge is -2.24. The van der Waals surface area contributed by atoms with E-state index < -0.39 is 0 Å². The van der Waals surface area contributed by atoms with Crippen molar-refractivity contribution in [2.45, 2.75) is 19.5 Å². The Balaban J connectivity index is 1.61. The summed E-state index contributed by atoms with van der Waals surface area (Å²) in [4.78, 5) is 15.6. The molecule has 0 spiro atoms. The van der Waals surface area contributed by atoms with Crippen molar-refractivity contribution in [2.24, 2.45) is 0 Å². The zero-order valence-electron chi connectivity index (χ0n) is 13.5. The topological polar surface area (TPSA) is 50.8 Å². The van der Waals surface area contributed by atoms with Gasteiger partial charge in [0.05, 0.1) is 10.4 Å². The molecule has 1 aromatic heterocycles. The predicted molar refractivity (Wildman–Crippen MR) is 96.3 cm³/mol. The lowest BCUT2D eigenvalue weighted by atomic mass is 10.2. The van der Waals surface area contributed by atoms with Gasteiger partial charge in [-0.2, -0.15) is 0 Å². The van der Waals surface area contributed by atoms with Gasteiger partial charge >= 0.3 is 0 Å². The highest BCUT2D eigenvalue weighted by Gasteiger charge is 2.20. The zero-order valence-corrected chi connectivity index (χ0v) is 15.1. The molecular weight excluding hydrogens is 348 g/mol. The molecule has 0 saturated carbocycles. The van der Waals surface area contributed by atoms with Crippen LogP contribution in [0.25, 0.3) is 0 Å². The third-order valence-corrected chi connectivity index (χ3v) is 5.10. The van der Waals surface area contributed by atoms with Crippen molar-refractivity contribution in [2.75, 3.05) is 25.6 Å². The summed E-state index contributed by atoms with van der Waals surface area (Å²) in [6.45, 7) is 3.62. The molecular formula is C17H19ClN2O3S. The largest absolute Gasteiger partial charge is 0.486 e. The quantitative estimate of drug-likeness (QED) is 0.877. The van der Waals surface area contributed by atoms with Crippen LogP contribution in [0.4, 0.5) is 5.69 Å². The van der Waals surface area contributed by atoms with Crippen LogP contribution in [-0.4, -0.2) is 37.1 Å². The summed E-state index contributed by atoms with van der Waals surface area (Å²) in [6.07, 6.45) is 0. The number of carbonyl (C=O) groups is 1. The van der Waals surface area contributed by atoms with Gasteiger partial charge in [-0.05, 0) is 38.2 Å². The molecule has 1 unspecified atom stereocenters. The molecule has 2 aromatic rings. The van der Waals surface area contributed by atoms with E-state index in [1.54, 1.807) is 6.07 Å². The van der Waals surface area contributed by atoms with Crippen LogP contribution in [0.2, 0.25) is 4.34 Å². The zero-order chi connectivity index (χ0) is 17.1. The molecule has 3 rings (SSSR count). The third kappa shape index (κ3) is 4.01. The number of rotatable bonds is 5. The van der Waals surface area contributed by atoms with E-state index in [1.165, 1.54) is 11.3 Å². The summed E-state index contributed by atoms with van der Waals surface area (Å²) in [5.74, 6) is 1.30. The van der Waals surface area contributed by atoms with E-state index in [0.717, 1.165) is 9.21 Å². The van der Waals surface area contributed by atoms with Gasteiger partial charge in [0.25, 0.3) is 0 Å². The second-order valence-corrected chi connectivity index (χ2v) is 7.44. The Bertz CT molecular complexity index is 734. The van der Waals surface area contributed by atoms with E-state index in [0.29, 0.717) is 36.9 Å². The van der Waals surface area contributed by atoms with Gasteiger partial charge in [0.15, 0.2) is 11.5 Å². The van der Waals surface area contributed by atoms with Crippen molar-refractivity contribution >= 4 is 34.5 Å². The van der Waals surface area contributed by atoms with E-state index in [2.05, 4.69) is 5.32 Å². The molecule has 7 heteroatoms. The number of fused-ring (bicyclic) bond motifs is 1. The van der Waals surface area contributed by atoms with Crippen molar-refractivity contribution < 1.29 is 14.3 Å². The van der Waals surface area contributed by atoms with Crippen molar-refractivity contribution in [3.63, 3.8) is 0 Å². The SMILES string of the molecule is CC(C(=O)Nc1ccc2c(c1)OCCO2)N(C)Cc1ccc(Cl)s1. The first-order valence-corrected chi connectivity index (χ1v) is 8.87. The standard InChI is InChI=1S/C17H19ClN2O3S/c1-11(20(2)10-13-4-6-16(18)24-13)17(21)19-12-3-5-14-15(9-12)23-8-7-22-14/h3-6,9,11H,7-8,10H2,1-2H3,(H,19,21). The smallest absolute Gasteiger partial charge is 0.241 e. The van der Waals surface area contributed by atoms with Gasteiger partial charge in [-0.25, -0.2) is 0 Å². The molecule has 1 N–H and O–H groups in total. The fraction of sp³-hybridized carbons (Fsp3) is 0.353. The Hall–Kier alpha value is -1.76. The van der Waals surface area contributed by atoms with Gasteiger partial charge in [0.1, 0.15) is 13.2 Å². The number of nitrogens with one attached hydrogen (secondary N) is 1. The fourth-order valence-corrected chi connectivity index (χ4v) is 3.54. The Morgan fingerprint density at radius 3 is 2.75 bits per heavy atom. The molecule has 5 nitrogen and oxygen atoms in total. The number of anilines is 1. The lowest BCUT2D eigenvalue weighted by Crippen LogP contribution is -2.39. The minimum absolute atomic E-state index is 0.0724. The van der Waals surface area contributed by atoms with E-state index in [4.69, 9.17) is 21.1 Å². The second-order valence-electron chi connectivity index (χ2n) is 5.64. The fourth-order valence-electron chi connectivity index (χ4n) is 2.39. The highest BCUT2D eigenvalue weighted by atomic mass is 35.5. The van der Waals surface area contributed by atoms with Crippen LogP contribution < -0.4 is 14.8 Å². The summed E-state index contributed by atoms with van der Waals surface area (Å²) in [5.41, 5.74) is 0.698. The highest BCUT2D eigenvalue weighted by molar-refractivity contribution is 7.16. The Labute approximate surface area is 150 Å².